The second kappa shape index (κ2) is 6.11. The Bertz CT molecular complexity index is 932. The summed E-state index contributed by atoms with van der Waals surface area (Å²) in [6.45, 7) is -0.404. The van der Waals surface area contributed by atoms with Gasteiger partial charge in [-0.3, -0.25) is 20.2 Å². The summed E-state index contributed by atoms with van der Waals surface area (Å²) in [6, 6.07) is 13.7. The van der Waals surface area contributed by atoms with E-state index in [9.17, 15) is 20.2 Å². The summed E-state index contributed by atoms with van der Waals surface area (Å²) in [5.41, 5.74) is 1.91. The van der Waals surface area contributed by atoms with Gasteiger partial charge in [-0.15, -0.1) is 0 Å². The van der Waals surface area contributed by atoms with Gasteiger partial charge in [-0.05, 0) is 11.6 Å². The highest BCUT2D eigenvalue weighted by molar-refractivity contribution is 5.85. The molecule has 7 heteroatoms. The predicted octanol–water partition coefficient (Wildman–Crippen LogP) is 3.50. The van der Waals surface area contributed by atoms with Gasteiger partial charge in [0.2, 0.25) is 6.54 Å². The maximum absolute atomic E-state index is 11.3. The third-order valence-corrected chi connectivity index (χ3v) is 4.14. The third kappa shape index (κ3) is 2.71. The van der Waals surface area contributed by atoms with Gasteiger partial charge in [0.25, 0.3) is 5.69 Å². The quantitative estimate of drug-likeness (QED) is 0.530. The predicted molar refractivity (Wildman–Crippen MR) is 89.7 cm³/mol. The lowest BCUT2D eigenvalue weighted by Gasteiger charge is -2.13. The van der Waals surface area contributed by atoms with Gasteiger partial charge in [0.15, 0.2) is 0 Å². The van der Waals surface area contributed by atoms with E-state index in [1.54, 1.807) is 18.2 Å². The first-order chi connectivity index (χ1) is 11.5. The molecule has 2 aromatic carbocycles. The standard InChI is InChI=1S/C17H15N3O4/c1-18-10-14(12-6-2-4-8-16(12)18)15(11-19(21)22)13-7-3-5-9-17(13)20(23)24/h2-10,15H,11H2,1H3. The van der Waals surface area contributed by atoms with Crippen molar-refractivity contribution in [3.8, 4) is 0 Å². The molecule has 3 aromatic rings. The average Bonchev–Trinajstić information content (AvgIpc) is 2.90. The Morgan fingerprint density at radius 1 is 1.00 bits per heavy atom. The Morgan fingerprint density at radius 2 is 1.67 bits per heavy atom. The molecule has 0 bridgehead atoms. The molecule has 0 aliphatic heterocycles. The van der Waals surface area contributed by atoms with Crippen LogP contribution in [0.3, 0.4) is 0 Å². The first-order valence-corrected chi connectivity index (χ1v) is 7.38. The Labute approximate surface area is 137 Å². The van der Waals surface area contributed by atoms with Crippen LogP contribution < -0.4 is 0 Å². The number of hydrogen-bond acceptors (Lipinski definition) is 4. The van der Waals surface area contributed by atoms with Crippen molar-refractivity contribution in [2.45, 2.75) is 5.92 Å². The van der Waals surface area contributed by atoms with Crippen molar-refractivity contribution in [1.82, 2.24) is 4.57 Å². The molecule has 0 fully saturated rings. The number of hydrogen-bond donors (Lipinski definition) is 0. The maximum Gasteiger partial charge on any atom is 0.273 e. The van der Waals surface area contributed by atoms with Gasteiger partial charge in [0, 0.05) is 40.7 Å². The molecule has 0 saturated carbocycles. The summed E-state index contributed by atoms with van der Waals surface area (Å²) in [5.74, 6) is -0.687. The number of nitrogens with zero attached hydrogens (tertiary/aromatic N) is 3. The molecule has 0 N–H and O–H groups in total. The monoisotopic (exact) mass is 325 g/mol. The first-order valence-electron chi connectivity index (χ1n) is 7.38. The number of aryl methyl sites for hydroxylation is 1. The smallest absolute Gasteiger partial charge is 0.273 e. The van der Waals surface area contributed by atoms with E-state index in [4.69, 9.17) is 0 Å². The minimum absolute atomic E-state index is 0.0997. The van der Waals surface area contributed by atoms with Crippen LogP contribution in [0.4, 0.5) is 5.69 Å². The Morgan fingerprint density at radius 3 is 2.38 bits per heavy atom. The van der Waals surface area contributed by atoms with E-state index in [-0.39, 0.29) is 5.69 Å². The molecule has 0 aliphatic rings. The number of nitro benzene ring substituents is 1. The fraction of sp³-hybridized carbons (Fsp3) is 0.176. The minimum atomic E-state index is -0.687. The van der Waals surface area contributed by atoms with Gasteiger partial charge in [-0.1, -0.05) is 36.4 Å². The molecule has 0 spiro atoms. The molecule has 1 heterocycles. The van der Waals surface area contributed by atoms with E-state index < -0.39 is 22.3 Å². The molecule has 1 aromatic heterocycles. The van der Waals surface area contributed by atoms with E-state index in [2.05, 4.69) is 0 Å². The number of para-hydroxylation sites is 2. The van der Waals surface area contributed by atoms with Gasteiger partial charge in [-0.2, -0.15) is 0 Å². The number of rotatable bonds is 5. The van der Waals surface area contributed by atoms with Crippen molar-refractivity contribution in [2.24, 2.45) is 7.05 Å². The molecular formula is C17H15N3O4. The second-order valence-corrected chi connectivity index (χ2v) is 5.60. The minimum Gasteiger partial charge on any atom is -0.350 e. The fourth-order valence-corrected chi connectivity index (χ4v) is 3.11. The average molecular weight is 325 g/mol. The topological polar surface area (TPSA) is 91.2 Å². The summed E-state index contributed by atoms with van der Waals surface area (Å²) in [4.78, 5) is 21.6. The lowest BCUT2D eigenvalue weighted by atomic mass is 9.90. The SMILES string of the molecule is Cn1cc(C(C[N+](=O)[O-])c2ccccc2[N+](=O)[O-])c2ccccc21. The van der Waals surface area contributed by atoms with Crippen LogP contribution in [0.25, 0.3) is 10.9 Å². The van der Waals surface area contributed by atoms with E-state index in [0.29, 0.717) is 5.56 Å². The van der Waals surface area contributed by atoms with Crippen LogP contribution in [0, 0.1) is 20.2 Å². The number of aromatic nitrogens is 1. The van der Waals surface area contributed by atoms with Gasteiger partial charge in [0.05, 0.1) is 10.8 Å². The first kappa shape index (κ1) is 15.7. The number of benzene rings is 2. The molecular weight excluding hydrogens is 310 g/mol. The van der Waals surface area contributed by atoms with Crippen LogP contribution in [0.2, 0.25) is 0 Å². The highest BCUT2D eigenvalue weighted by Gasteiger charge is 2.29. The van der Waals surface area contributed by atoms with E-state index in [0.717, 1.165) is 16.5 Å². The molecule has 122 valence electrons. The van der Waals surface area contributed by atoms with Crippen LogP contribution in [-0.2, 0) is 7.05 Å². The summed E-state index contributed by atoms with van der Waals surface area (Å²) in [5, 5.41) is 23.4. The van der Waals surface area contributed by atoms with Crippen LogP contribution in [0.5, 0.6) is 0 Å². The van der Waals surface area contributed by atoms with Crippen LogP contribution >= 0.6 is 0 Å². The summed E-state index contributed by atoms with van der Waals surface area (Å²) in [6.07, 6.45) is 1.82. The zero-order valence-corrected chi connectivity index (χ0v) is 13.0. The molecule has 1 unspecified atom stereocenters. The number of nitro groups is 2. The Kier molecular flexibility index (Phi) is 3.99. The van der Waals surface area contributed by atoms with Gasteiger partial charge >= 0.3 is 0 Å². The molecule has 0 radical (unpaired) electrons. The maximum atomic E-state index is 11.3. The summed E-state index contributed by atoms with van der Waals surface area (Å²) < 4.78 is 1.88. The lowest BCUT2D eigenvalue weighted by molar-refractivity contribution is -0.482. The molecule has 0 aliphatic carbocycles. The van der Waals surface area contributed by atoms with Crippen molar-refractivity contribution in [3.05, 3.63) is 86.1 Å². The molecule has 1 atom stereocenters. The molecule has 24 heavy (non-hydrogen) atoms. The van der Waals surface area contributed by atoms with Gasteiger partial charge in [-0.25, -0.2) is 0 Å². The highest BCUT2D eigenvalue weighted by atomic mass is 16.6. The molecule has 3 rings (SSSR count). The Hall–Kier alpha value is -3.22. The van der Waals surface area contributed by atoms with Gasteiger partial charge in [0.1, 0.15) is 0 Å². The van der Waals surface area contributed by atoms with Crippen LogP contribution in [0.15, 0.2) is 54.7 Å². The summed E-state index contributed by atoms with van der Waals surface area (Å²) in [7, 11) is 1.86. The number of fused-ring (bicyclic) bond motifs is 1. The van der Waals surface area contributed by atoms with Crippen molar-refractivity contribution in [3.63, 3.8) is 0 Å². The van der Waals surface area contributed by atoms with Crippen LogP contribution in [0.1, 0.15) is 17.0 Å². The molecule has 0 saturated heterocycles. The van der Waals surface area contributed by atoms with Crippen molar-refractivity contribution in [1.29, 1.82) is 0 Å². The lowest BCUT2D eigenvalue weighted by Crippen LogP contribution is -2.15. The second-order valence-electron chi connectivity index (χ2n) is 5.60. The normalized spacial score (nSPS) is 12.2. The van der Waals surface area contributed by atoms with E-state index in [1.807, 2.05) is 42.1 Å². The zero-order valence-electron chi connectivity index (χ0n) is 13.0. The zero-order chi connectivity index (χ0) is 17.3. The largest absolute Gasteiger partial charge is 0.350 e. The molecule has 7 nitrogen and oxygen atoms in total. The van der Waals surface area contributed by atoms with E-state index in [1.165, 1.54) is 6.07 Å². The van der Waals surface area contributed by atoms with Crippen molar-refractivity contribution >= 4 is 16.6 Å². The Balaban J connectivity index is 2.24. The fourth-order valence-electron chi connectivity index (χ4n) is 3.11. The molecule has 0 amide bonds. The third-order valence-electron chi connectivity index (χ3n) is 4.14. The summed E-state index contributed by atoms with van der Waals surface area (Å²) >= 11 is 0. The van der Waals surface area contributed by atoms with Gasteiger partial charge < -0.3 is 4.57 Å². The van der Waals surface area contributed by atoms with Crippen LogP contribution in [-0.4, -0.2) is 21.0 Å². The van der Waals surface area contributed by atoms with Crippen molar-refractivity contribution < 1.29 is 9.85 Å². The van der Waals surface area contributed by atoms with E-state index >= 15 is 0 Å². The highest BCUT2D eigenvalue weighted by Crippen LogP contribution is 2.36. The van der Waals surface area contributed by atoms with Crippen molar-refractivity contribution in [2.75, 3.05) is 6.54 Å².